The molecule has 0 spiro atoms. The van der Waals surface area contributed by atoms with Crippen LogP contribution in [0.3, 0.4) is 0 Å². The Balaban J connectivity index is 2.31. The standard InChI is InChI=1S/C13H18ClN3O2/c1-8(18)9-4-5-17(7-9)12-6-10(14)2-3-11(12)13(15)16-19/h2-3,6,8-9,18-19H,4-5,7H2,1H3,(H2,15,16). The highest BCUT2D eigenvalue weighted by Gasteiger charge is 2.28. The predicted octanol–water partition coefficient (Wildman–Crippen LogP) is 1.64. The monoisotopic (exact) mass is 283 g/mol. The third-order valence-electron chi connectivity index (χ3n) is 3.59. The van der Waals surface area contributed by atoms with E-state index in [1.807, 2.05) is 0 Å². The minimum atomic E-state index is -0.337. The predicted molar refractivity (Wildman–Crippen MR) is 76.0 cm³/mol. The largest absolute Gasteiger partial charge is 0.409 e. The molecule has 19 heavy (non-hydrogen) atoms. The molecule has 2 rings (SSSR count). The van der Waals surface area contributed by atoms with Crippen LogP contribution in [0.15, 0.2) is 23.4 Å². The van der Waals surface area contributed by atoms with E-state index in [1.165, 1.54) is 0 Å². The van der Waals surface area contributed by atoms with E-state index in [2.05, 4.69) is 10.1 Å². The van der Waals surface area contributed by atoms with Gasteiger partial charge in [0.1, 0.15) is 0 Å². The Kier molecular flexibility index (Phi) is 4.17. The van der Waals surface area contributed by atoms with Crippen molar-refractivity contribution in [2.24, 2.45) is 16.8 Å². The molecule has 1 aliphatic heterocycles. The molecule has 0 aromatic heterocycles. The minimum absolute atomic E-state index is 0.0622. The molecule has 104 valence electrons. The zero-order valence-corrected chi connectivity index (χ0v) is 11.5. The van der Waals surface area contributed by atoms with Gasteiger partial charge < -0.3 is 20.9 Å². The van der Waals surface area contributed by atoms with Gasteiger partial charge in [0.2, 0.25) is 0 Å². The molecule has 2 atom stereocenters. The molecule has 0 amide bonds. The average Bonchev–Trinajstić information content (AvgIpc) is 2.87. The fraction of sp³-hybridized carbons (Fsp3) is 0.462. The van der Waals surface area contributed by atoms with Crippen LogP contribution in [0.1, 0.15) is 18.9 Å². The molecule has 1 saturated heterocycles. The fourth-order valence-corrected chi connectivity index (χ4v) is 2.60. The molecule has 0 bridgehead atoms. The average molecular weight is 284 g/mol. The summed E-state index contributed by atoms with van der Waals surface area (Å²) >= 11 is 6.02. The summed E-state index contributed by atoms with van der Waals surface area (Å²) in [5, 5.41) is 22.1. The van der Waals surface area contributed by atoms with Crippen LogP contribution in [0.2, 0.25) is 5.02 Å². The summed E-state index contributed by atoms with van der Waals surface area (Å²) in [6.07, 6.45) is 0.580. The van der Waals surface area contributed by atoms with Crippen LogP contribution in [0.25, 0.3) is 0 Å². The Morgan fingerprint density at radius 2 is 2.32 bits per heavy atom. The highest BCUT2D eigenvalue weighted by atomic mass is 35.5. The quantitative estimate of drug-likeness (QED) is 0.341. The number of oxime groups is 1. The third kappa shape index (κ3) is 2.93. The van der Waals surface area contributed by atoms with Crippen molar-refractivity contribution in [3.05, 3.63) is 28.8 Å². The van der Waals surface area contributed by atoms with Gasteiger partial charge in [-0.3, -0.25) is 0 Å². The summed E-state index contributed by atoms with van der Waals surface area (Å²) in [5.74, 6) is 0.297. The molecule has 0 aliphatic carbocycles. The Labute approximate surface area is 117 Å². The van der Waals surface area contributed by atoms with Gasteiger partial charge in [0.25, 0.3) is 0 Å². The van der Waals surface area contributed by atoms with Crippen molar-refractivity contribution in [1.29, 1.82) is 0 Å². The zero-order valence-electron chi connectivity index (χ0n) is 10.8. The van der Waals surface area contributed by atoms with Gasteiger partial charge in [0, 0.05) is 35.3 Å². The number of anilines is 1. The number of aliphatic hydroxyl groups is 1. The number of nitrogens with zero attached hydrogens (tertiary/aromatic N) is 2. The number of halogens is 1. The normalized spacial score (nSPS) is 21.7. The molecular weight excluding hydrogens is 266 g/mol. The molecule has 6 heteroatoms. The molecule has 5 nitrogen and oxygen atoms in total. The van der Waals surface area contributed by atoms with E-state index in [-0.39, 0.29) is 17.9 Å². The van der Waals surface area contributed by atoms with Gasteiger partial charge in [0.05, 0.1) is 6.10 Å². The molecule has 2 unspecified atom stereocenters. The number of aliphatic hydroxyl groups excluding tert-OH is 1. The lowest BCUT2D eigenvalue weighted by atomic mass is 10.0. The second kappa shape index (κ2) is 5.67. The first-order valence-electron chi connectivity index (χ1n) is 6.23. The molecule has 1 fully saturated rings. The third-order valence-corrected chi connectivity index (χ3v) is 3.83. The maximum absolute atomic E-state index is 9.65. The molecule has 1 heterocycles. The molecular formula is C13H18ClN3O2. The number of hydrogen-bond donors (Lipinski definition) is 3. The van der Waals surface area contributed by atoms with Gasteiger partial charge in [-0.1, -0.05) is 16.8 Å². The van der Waals surface area contributed by atoms with Gasteiger partial charge in [-0.05, 0) is 31.5 Å². The summed E-state index contributed by atoms with van der Waals surface area (Å²) in [4.78, 5) is 2.11. The number of benzene rings is 1. The Morgan fingerprint density at radius 1 is 1.58 bits per heavy atom. The Morgan fingerprint density at radius 3 is 2.89 bits per heavy atom. The van der Waals surface area contributed by atoms with E-state index in [4.69, 9.17) is 22.5 Å². The molecule has 0 saturated carbocycles. The van der Waals surface area contributed by atoms with Crippen molar-refractivity contribution in [3.63, 3.8) is 0 Å². The highest BCUT2D eigenvalue weighted by Crippen LogP contribution is 2.30. The van der Waals surface area contributed by atoms with Crippen molar-refractivity contribution in [2.45, 2.75) is 19.4 Å². The summed E-state index contributed by atoms with van der Waals surface area (Å²) in [6.45, 7) is 3.36. The van der Waals surface area contributed by atoms with Crippen molar-refractivity contribution in [1.82, 2.24) is 0 Å². The second-order valence-corrected chi connectivity index (χ2v) is 5.32. The van der Waals surface area contributed by atoms with Crippen LogP contribution in [0, 0.1) is 5.92 Å². The van der Waals surface area contributed by atoms with Gasteiger partial charge in [-0.25, -0.2) is 0 Å². The smallest absolute Gasteiger partial charge is 0.172 e. The number of amidine groups is 1. The van der Waals surface area contributed by atoms with Crippen LogP contribution < -0.4 is 10.6 Å². The molecule has 4 N–H and O–H groups in total. The van der Waals surface area contributed by atoms with Crippen LogP contribution in [0.5, 0.6) is 0 Å². The van der Waals surface area contributed by atoms with Gasteiger partial charge >= 0.3 is 0 Å². The summed E-state index contributed by atoms with van der Waals surface area (Å²) in [6, 6.07) is 5.25. The summed E-state index contributed by atoms with van der Waals surface area (Å²) in [7, 11) is 0. The van der Waals surface area contributed by atoms with E-state index < -0.39 is 0 Å². The molecule has 1 aromatic rings. The second-order valence-electron chi connectivity index (χ2n) is 4.88. The first-order valence-corrected chi connectivity index (χ1v) is 6.61. The topological polar surface area (TPSA) is 82.1 Å². The van der Waals surface area contributed by atoms with Crippen molar-refractivity contribution < 1.29 is 10.3 Å². The lowest BCUT2D eigenvalue weighted by Gasteiger charge is -2.22. The lowest BCUT2D eigenvalue weighted by Crippen LogP contribution is -2.26. The van der Waals surface area contributed by atoms with Gasteiger partial charge in [0.15, 0.2) is 5.84 Å². The maximum atomic E-state index is 9.65. The van der Waals surface area contributed by atoms with Crippen molar-refractivity contribution >= 4 is 23.1 Å². The molecule has 1 aliphatic rings. The number of rotatable bonds is 3. The van der Waals surface area contributed by atoms with Crippen LogP contribution in [0.4, 0.5) is 5.69 Å². The van der Waals surface area contributed by atoms with Crippen molar-refractivity contribution in [3.8, 4) is 0 Å². The van der Waals surface area contributed by atoms with E-state index in [0.29, 0.717) is 10.6 Å². The fourth-order valence-electron chi connectivity index (χ4n) is 2.44. The minimum Gasteiger partial charge on any atom is -0.409 e. The van der Waals surface area contributed by atoms with E-state index in [9.17, 15) is 5.11 Å². The summed E-state index contributed by atoms with van der Waals surface area (Å²) in [5.41, 5.74) is 7.18. The Bertz CT molecular complexity index is 491. The number of nitrogens with two attached hydrogens (primary N) is 1. The first-order chi connectivity index (χ1) is 9.02. The number of hydrogen-bond acceptors (Lipinski definition) is 4. The molecule has 1 aromatic carbocycles. The first kappa shape index (κ1) is 14.0. The van der Waals surface area contributed by atoms with E-state index >= 15 is 0 Å². The van der Waals surface area contributed by atoms with Crippen LogP contribution >= 0.6 is 11.6 Å². The van der Waals surface area contributed by atoms with E-state index in [1.54, 1.807) is 25.1 Å². The van der Waals surface area contributed by atoms with Gasteiger partial charge in [-0.2, -0.15) is 0 Å². The van der Waals surface area contributed by atoms with Crippen molar-refractivity contribution in [2.75, 3.05) is 18.0 Å². The lowest BCUT2D eigenvalue weighted by molar-refractivity contribution is 0.136. The highest BCUT2D eigenvalue weighted by molar-refractivity contribution is 6.31. The summed E-state index contributed by atoms with van der Waals surface area (Å²) < 4.78 is 0. The van der Waals surface area contributed by atoms with Gasteiger partial charge in [-0.15, -0.1) is 0 Å². The van der Waals surface area contributed by atoms with E-state index in [0.717, 1.165) is 25.2 Å². The van der Waals surface area contributed by atoms with Crippen LogP contribution in [-0.2, 0) is 0 Å². The van der Waals surface area contributed by atoms with Crippen LogP contribution in [-0.4, -0.2) is 35.3 Å². The molecule has 0 radical (unpaired) electrons. The SMILES string of the molecule is CC(O)C1CCN(c2cc(Cl)ccc2/C(N)=N/O)C1. The maximum Gasteiger partial charge on any atom is 0.172 e. The Hall–Kier alpha value is -1.46. The zero-order chi connectivity index (χ0) is 14.0.